The number of carbonyl (C=O) groups excluding carboxylic acids is 1. The second-order valence-corrected chi connectivity index (χ2v) is 4.61. The summed E-state index contributed by atoms with van der Waals surface area (Å²) in [6.07, 6.45) is 0.879. The highest BCUT2D eigenvalue weighted by Crippen LogP contribution is 2.23. The van der Waals surface area contributed by atoms with Gasteiger partial charge < -0.3 is 14.7 Å². The van der Waals surface area contributed by atoms with Crippen molar-refractivity contribution >= 4 is 21.8 Å². The van der Waals surface area contributed by atoms with Crippen molar-refractivity contribution in [2.24, 2.45) is 0 Å². The number of esters is 1. The third-order valence-electron chi connectivity index (χ3n) is 1.65. The van der Waals surface area contributed by atoms with Crippen molar-refractivity contribution in [1.29, 1.82) is 0 Å². The summed E-state index contributed by atoms with van der Waals surface area (Å²) in [6, 6.07) is 4.00. The zero-order chi connectivity index (χ0) is 12.3. The zero-order valence-corrected chi connectivity index (χ0v) is 9.58. The Labute approximate surface area is 93.1 Å². The van der Waals surface area contributed by atoms with Crippen LogP contribution in [0.2, 0.25) is 0 Å². The molecule has 0 bridgehead atoms. The normalized spacial score (nSPS) is 10.9. The lowest BCUT2D eigenvalue weighted by Gasteiger charge is -2.08. The van der Waals surface area contributed by atoms with E-state index in [1.165, 1.54) is 25.3 Å². The van der Waals surface area contributed by atoms with E-state index in [1.807, 2.05) is 0 Å². The Kier molecular flexibility index (Phi) is 3.38. The van der Waals surface area contributed by atoms with Crippen molar-refractivity contribution < 1.29 is 22.1 Å². The number of nitrogen functional groups attached to an aromatic ring is 1. The van der Waals surface area contributed by atoms with Crippen LogP contribution < -0.4 is 9.92 Å². The predicted octanol–water partition coefficient (Wildman–Crippen LogP) is 0.394. The molecule has 0 saturated carbocycles. The summed E-state index contributed by atoms with van der Waals surface area (Å²) < 4.78 is 31.0. The maximum Gasteiger partial charge on any atom is 0.341 e. The van der Waals surface area contributed by atoms with Crippen LogP contribution in [0.5, 0.6) is 5.75 Å². The van der Waals surface area contributed by atoms with Gasteiger partial charge in [0.25, 0.3) is 0 Å². The molecule has 0 unspecified atom stereocenters. The fourth-order valence-corrected chi connectivity index (χ4v) is 1.52. The number of benzene rings is 1. The third-order valence-corrected chi connectivity index (χ3v) is 2.13. The van der Waals surface area contributed by atoms with Gasteiger partial charge in [-0.15, -0.1) is 0 Å². The average Bonchev–Trinajstić information content (AvgIpc) is 2.17. The number of anilines is 1. The summed E-state index contributed by atoms with van der Waals surface area (Å²) in [5.41, 5.74) is 5.74. The maximum absolute atomic E-state index is 11.3. The highest BCUT2D eigenvalue weighted by atomic mass is 32.2. The Hall–Kier alpha value is -1.76. The van der Waals surface area contributed by atoms with Crippen molar-refractivity contribution in [3.63, 3.8) is 0 Å². The van der Waals surface area contributed by atoms with Crippen LogP contribution in [0.4, 0.5) is 5.69 Å². The lowest BCUT2D eigenvalue weighted by Crippen LogP contribution is -2.11. The van der Waals surface area contributed by atoms with Gasteiger partial charge in [0, 0.05) is 5.69 Å². The molecule has 0 atom stereocenters. The molecular weight excluding hydrogens is 234 g/mol. The van der Waals surface area contributed by atoms with Crippen LogP contribution in [-0.4, -0.2) is 27.8 Å². The molecule has 1 aromatic rings. The van der Waals surface area contributed by atoms with Crippen LogP contribution in [-0.2, 0) is 14.9 Å². The van der Waals surface area contributed by atoms with Crippen molar-refractivity contribution in [2.75, 3.05) is 19.1 Å². The molecule has 0 aliphatic carbocycles. The monoisotopic (exact) mass is 245 g/mol. The first-order chi connectivity index (χ1) is 7.33. The Morgan fingerprint density at radius 3 is 2.50 bits per heavy atom. The molecule has 0 aliphatic heterocycles. The first-order valence-corrected chi connectivity index (χ1v) is 6.02. The minimum absolute atomic E-state index is 0.0343. The summed E-state index contributed by atoms with van der Waals surface area (Å²) in [6.45, 7) is 0. The van der Waals surface area contributed by atoms with Crippen molar-refractivity contribution in [1.82, 2.24) is 0 Å². The summed E-state index contributed by atoms with van der Waals surface area (Å²) >= 11 is 0. The fraction of sp³-hybridized carbons (Fsp3) is 0.222. The van der Waals surface area contributed by atoms with E-state index in [0.717, 1.165) is 6.26 Å². The molecule has 0 radical (unpaired) electrons. The minimum Gasteiger partial charge on any atom is -0.465 e. The van der Waals surface area contributed by atoms with Crippen molar-refractivity contribution in [3.05, 3.63) is 23.8 Å². The first kappa shape index (κ1) is 12.3. The number of hydrogen-bond acceptors (Lipinski definition) is 6. The van der Waals surface area contributed by atoms with Crippen LogP contribution in [0.25, 0.3) is 0 Å². The first-order valence-electron chi connectivity index (χ1n) is 4.21. The Bertz CT molecular complexity index is 509. The largest absolute Gasteiger partial charge is 0.465 e. The molecule has 0 heterocycles. The second kappa shape index (κ2) is 4.40. The van der Waals surface area contributed by atoms with E-state index >= 15 is 0 Å². The van der Waals surface area contributed by atoms with E-state index in [0.29, 0.717) is 5.69 Å². The molecule has 6 nitrogen and oxygen atoms in total. The molecule has 0 fully saturated rings. The summed E-state index contributed by atoms with van der Waals surface area (Å²) in [7, 11) is -2.53. The summed E-state index contributed by atoms with van der Waals surface area (Å²) in [5, 5.41) is 0. The Balaban J connectivity index is 3.23. The number of hydrogen-bond donors (Lipinski definition) is 1. The zero-order valence-electron chi connectivity index (χ0n) is 8.76. The van der Waals surface area contributed by atoms with Crippen molar-refractivity contribution in [2.45, 2.75) is 0 Å². The molecule has 1 aromatic carbocycles. The summed E-state index contributed by atoms with van der Waals surface area (Å²) in [4.78, 5) is 11.3. The molecule has 7 heteroatoms. The van der Waals surface area contributed by atoms with Crippen LogP contribution in [0.3, 0.4) is 0 Å². The van der Waals surface area contributed by atoms with Gasteiger partial charge in [0.2, 0.25) is 0 Å². The number of rotatable bonds is 3. The molecule has 0 aliphatic rings. The third kappa shape index (κ3) is 3.13. The van der Waals surface area contributed by atoms with Gasteiger partial charge >= 0.3 is 16.1 Å². The van der Waals surface area contributed by atoms with Crippen LogP contribution in [0.1, 0.15) is 10.4 Å². The van der Waals surface area contributed by atoms with Gasteiger partial charge in [0.15, 0.2) is 5.75 Å². The van der Waals surface area contributed by atoms with Crippen molar-refractivity contribution in [3.8, 4) is 5.75 Å². The molecule has 1 rings (SSSR count). The van der Waals surface area contributed by atoms with Gasteiger partial charge in [-0.25, -0.2) is 4.79 Å². The molecule has 2 N–H and O–H groups in total. The van der Waals surface area contributed by atoms with E-state index in [2.05, 4.69) is 8.92 Å². The SMILES string of the molecule is COC(=O)c1cc(N)ccc1OS(C)(=O)=O. The van der Waals surface area contributed by atoms with Gasteiger partial charge in [0.1, 0.15) is 5.56 Å². The van der Waals surface area contributed by atoms with Gasteiger partial charge in [0.05, 0.1) is 13.4 Å². The molecule has 0 saturated heterocycles. The quantitative estimate of drug-likeness (QED) is 0.470. The van der Waals surface area contributed by atoms with Gasteiger partial charge in [-0.05, 0) is 18.2 Å². The lowest BCUT2D eigenvalue weighted by molar-refractivity contribution is 0.0599. The topological polar surface area (TPSA) is 95.7 Å². The minimum atomic E-state index is -3.70. The van der Waals surface area contributed by atoms with Crippen LogP contribution in [0.15, 0.2) is 18.2 Å². The number of methoxy groups -OCH3 is 1. The fourth-order valence-electron chi connectivity index (χ4n) is 1.05. The number of ether oxygens (including phenoxy) is 1. The Morgan fingerprint density at radius 2 is 2.00 bits per heavy atom. The molecular formula is C9H11NO5S. The molecule has 0 aromatic heterocycles. The molecule has 0 spiro atoms. The number of carbonyl (C=O) groups is 1. The van der Waals surface area contributed by atoms with E-state index in [-0.39, 0.29) is 11.3 Å². The van der Waals surface area contributed by atoms with E-state index in [1.54, 1.807) is 0 Å². The highest BCUT2D eigenvalue weighted by molar-refractivity contribution is 7.86. The van der Waals surface area contributed by atoms with Crippen LogP contribution >= 0.6 is 0 Å². The second-order valence-electron chi connectivity index (χ2n) is 3.03. The van der Waals surface area contributed by atoms with E-state index in [9.17, 15) is 13.2 Å². The van der Waals surface area contributed by atoms with Gasteiger partial charge in [-0.3, -0.25) is 0 Å². The van der Waals surface area contributed by atoms with Gasteiger partial charge in [-0.2, -0.15) is 8.42 Å². The molecule has 16 heavy (non-hydrogen) atoms. The smallest absolute Gasteiger partial charge is 0.341 e. The average molecular weight is 245 g/mol. The van der Waals surface area contributed by atoms with E-state index < -0.39 is 16.1 Å². The summed E-state index contributed by atoms with van der Waals surface area (Å²) in [5.74, 6) is -0.825. The standard InChI is InChI=1S/C9H11NO5S/c1-14-9(11)7-5-6(10)3-4-8(7)15-16(2,12)13/h3-5H,10H2,1-2H3. The van der Waals surface area contributed by atoms with E-state index in [4.69, 9.17) is 5.73 Å². The van der Waals surface area contributed by atoms with Gasteiger partial charge in [-0.1, -0.05) is 0 Å². The Morgan fingerprint density at radius 1 is 1.38 bits per heavy atom. The van der Waals surface area contributed by atoms with Crippen LogP contribution in [0, 0.1) is 0 Å². The number of nitrogens with two attached hydrogens (primary N) is 1. The lowest BCUT2D eigenvalue weighted by atomic mass is 10.2. The predicted molar refractivity (Wildman–Crippen MR) is 57.7 cm³/mol. The molecule has 88 valence electrons. The molecule has 0 amide bonds. The maximum atomic E-state index is 11.3. The highest BCUT2D eigenvalue weighted by Gasteiger charge is 2.16.